The largest absolute Gasteiger partial charge is 0.361 e. The van der Waals surface area contributed by atoms with Crippen molar-refractivity contribution in [2.45, 2.75) is 38.8 Å². The Balaban J connectivity index is 2.11. The van der Waals surface area contributed by atoms with Crippen LogP contribution in [0.15, 0.2) is 30.5 Å². The number of para-hydroxylation sites is 1. The van der Waals surface area contributed by atoms with Crippen molar-refractivity contribution in [2.75, 3.05) is 7.05 Å². The zero-order valence-electron chi connectivity index (χ0n) is 12.4. The van der Waals surface area contributed by atoms with E-state index in [0.717, 1.165) is 22.9 Å². The van der Waals surface area contributed by atoms with Crippen LogP contribution in [0, 0.1) is 0 Å². The summed E-state index contributed by atoms with van der Waals surface area (Å²) < 4.78 is 0. The molecule has 20 heavy (non-hydrogen) atoms. The maximum atomic E-state index is 12.3. The van der Waals surface area contributed by atoms with Gasteiger partial charge in [0.2, 0.25) is 5.91 Å². The van der Waals surface area contributed by atoms with Crippen LogP contribution in [0.1, 0.15) is 25.8 Å². The second-order valence-electron chi connectivity index (χ2n) is 5.38. The lowest BCUT2D eigenvalue weighted by molar-refractivity contribution is -0.133. The fourth-order valence-corrected chi connectivity index (χ4v) is 2.38. The van der Waals surface area contributed by atoms with Crippen LogP contribution in [0.5, 0.6) is 0 Å². The van der Waals surface area contributed by atoms with Crippen molar-refractivity contribution in [1.82, 2.24) is 9.88 Å². The predicted molar refractivity (Wildman–Crippen MR) is 82.5 cm³/mol. The van der Waals surface area contributed by atoms with Gasteiger partial charge in [0.15, 0.2) is 0 Å². The number of nitrogens with two attached hydrogens (primary N) is 1. The molecule has 0 radical (unpaired) electrons. The van der Waals surface area contributed by atoms with Gasteiger partial charge < -0.3 is 15.6 Å². The zero-order valence-corrected chi connectivity index (χ0v) is 12.4. The van der Waals surface area contributed by atoms with Crippen molar-refractivity contribution in [3.05, 3.63) is 36.0 Å². The predicted octanol–water partition coefficient (Wildman–Crippen LogP) is 2.29. The SMILES string of the molecule is CCC(C)N(C)C(=O)[C@H](N)Cc1c[nH]c2ccccc12. The van der Waals surface area contributed by atoms with Gasteiger partial charge in [-0.05, 0) is 31.4 Å². The third-order valence-corrected chi connectivity index (χ3v) is 4.03. The topological polar surface area (TPSA) is 62.1 Å². The summed E-state index contributed by atoms with van der Waals surface area (Å²) in [6, 6.07) is 7.79. The maximum Gasteiger partial charge on any atom is 0.239 e. The monoisotopic (exact) mass is 273 g/mol. The summed E-state index contributed by atoms with van der Waals surface area (Å²) in [4.78, 5) is 17.3. The molecule has 0 aliphatic rings. The summed E-state index contributed by atoms with van der Waals surface area (Å²) >= 11 is 0. The molecule has 108 valence electrons. The first kappa shape index (κ1) is 14.6. The highest BCUT2D eigenvalue weighted by Crippen LogP contribution is 2.19. The average Bonchev–Trinajstić information content (AvgIpc) is 2.88. The number of amides is 1. The van der Waals surface area contributed by atoms with Crippen molar-refractivity contribution in [1.29, 1.82) is 0 Å². The molecule has 3 N–H and O–H groups in total. The molecule has 0 aliphatic carbocycles. The molecule has 1 aromatic heterocycles. The minimum atomic E-state index is -0.492. The Kier molecular flexibility index (Phi) is 4.45. The Morgan fingerprint density at radius 1 is 1.40 bits per heavy atom. The van der Waals surface area contributed by atoms with E-state index in [1.54, 1.807) is 4.90 Å². The molecule has 1 amide bonds. The minimum absolute atomic E-state index is 0.00429. The van der Waals surface area contributed by atoms with E-state index < -0.39 is 6.04 Å². The second kappa shape index (κ2) is 6.09. The number of hydrogen-bond acceptors (Lipinski definition) is 2. The highest BCUT2D eigenvalue weighted by Gasteiger charge is 2.22. The van der Waals surface area contributed by atoms with Gasteiger partial charge in [0, 0.05) is 30.2 Å². The second-order valence-corrected chi connectivity index (χ2v) is 5.38. The lowest BCUT2D eigenvalue weighted by Crippen LogP contribution is -2.46. The minimum Gasteiger partial charge on any atom is -0.361 e. The average molecular weight is 273 g/mol. The number of nitrogens with one attached hydrogen (secondary N) is 1. The molecule has 1 unspecified atom stereocenters. The lowest BCUT2D eigenvalue weighted by atomic mass is 10.0. The standard InChI is InChI=1S/C16H23N3O/c1-4-11(2)19(3)16(20)14(17)9-12-10-18-15-8-6-5-7-13(12)15/h5-8,10-11,14,18H,4,9,17H2,1-3H3/t11?,14-/m1/s1. The number of rotatable bonds is 5. The van der Waals surface area contributed by atoms with Gasteiger partial charge in [-0.25, -0.2) is 0 Å². The number of H-pyrrole nitrogens is 1. The number of fused-ring (bicyclic) bond motifs is 1. The molecule has 4 nitrogen and oxygen atoms in total. The molecule has 0 bridgehead atoms. The number of aromatic nitrogens is 1. The number of aromatic amines is 1. The van der Waals surface area contributed by atoms with Gasteiger partial charge in [0.05, 0.1) is 6.04 Å². The summed E-state index contributed by atoms with van der Waals surface area (Å²) in [5.41, 5.74) is 8.27. The van der Waals surface area contributed by atoms with E-state index in [-0.39, 0.29) is 11.9 Å². The Labute approximate surface area is 120 Å². The molecule has 0 fully saturated rings. The van der Waals surface area contributed by atoms with E-state index in [0.29, 0.717) is 6.42 Å². The number of nitrogens with zero attached hydrogens (tertiary/aromatic N) is 1. The molecule has 0 saturated heterocycles. The molecule has 4 heteroatoms. The fourth-order valence-electron chi connectivity index (χ4n) is 2.38. The summed E-state index contributed by atoms with van der Waals surface area (Å²) in [5.74, 6) is 0.00429. The number of benzene rings is 1. The van der Waals surface area contributed by atoms with Gasteiger partial charge >= 0.3 is 0 Å². The van der Waals surface area contributed by atoms with Crippen LogP contribution in [0.4, 0.5) is 0 Å². The molecule has 0 aliphatic heterocycles. The van der Waals surface area contributed by atoms with E-state index in [4.69, 9.17) is 5.73 Å². The summed E-state index contributed by atoms with van der Waals surface area (Å²) in [6.45, 7) is 4.11. The number of carbonyl (C=O) groups excluding carboxylic acids is 1. The molecular formula is C16H23N3O. The van der Waals surface area contributed by atoms with Gasteiger partial charge in [-0.15, -0.1) is 0 Å². The van der Waals surface area contributed by atoms with Crippen LogP contribution in [0.25, 0.3) is 10.9 Å². The first-order valence-corrected chi connectivity index (χ1v) is 7.11. The third kappa shape index (κ3) is 2.85. The summed E-state index contributed by atoms with van der Waals surface area (Å²) in [5, 5.41) is 1.14. The van der Waals surface area contributed by atoms with Crippen LogP contribution in [-0.2, 0) is 11.2 Å². The smallest absolute Gasteiger partial charge is 0.239 e. The molecule has 0 saturated carbocycles. The highest BCUT2D eigenvalue weighted by molar-refractivity contribution is 5.86. The summed E-state index contributed by atoms with van der Waals surface area (Å²) in [6.07, 6.45) is 3.44. The van der Waals surface area contributed by atoms with Gasteiger partial charge in [-0.1, -0.05) is 25.1 Å². The molecule has 2 rings (SSSR count). The number of carbonyl (C=O) groups is 1. The van der Waals surface area contributed by atoms with E-state index in [1.165, 1.54) is 0 Å². The maximum absolute atomic E-state index is 12.3. The Morgan fingerprint density at radius 2 is 2.10 bits per heavy atom. The third-order valence-electron chi connectivity index (χ3n) is 4.03. The number of likely N-dealkylation sites (N-methyl/N-ethyl adjacent to an activating group) is 1. The number of hydrogen-bond donors (Lipinski definition) is 2. The summed E-state index contributed by atoms with van der Waals surface area (Å²) in [7, 11) is 1.82. The quantitative estimate of drug-likeness (QED) is 0.878. The van der Waals surface area contributed by atoms with Gasteiger partial charge in [-0.2, -0.15) is 0 Å². The van der Waals surface area contributed by atoms with Crippen LogP contribution in [0.3, 0.4) is 0 Å². The van der Waals surface area contributed by atoms with Crippen LogP contribution in [-0.4, -0.2) is 34.9 Å². The Hall–Kier alpha value is -1.81. The van der Waals surface area contributed by atoms with E-state index in [2.05, 4.69) is 18.0 Å². The zero-order chi connectivity index (χ0) is 14.7. The van der Waals surface area contributed by atoms with E-state index in [9.17, 15) is 4.79 Å². The first-order valence-electron chi connectivity index (χ1n) is 7.11. The van der Waals surface area contributed by atoms with Crippen molar-refractivity contribution in [3.63, 3.8) is 0 Å². The normalized spacial score (nSPS) is 14.2. The molecular weight excluding hydrogens is 250 g/mol. The van der Waals surface area contributed by atoms with Gasteiger partial charge in [0.1, 0.15) is 0 Å². The molecule has 1 aromatic carbocycles. The van der Waals surface area contributed by atoms with Crippen molar-refractivity contribution in [3.8, 4) is 0 Å². The lowest BCUT2D eigenvalue weighted by Gasteiger charge is -2.26. The molecule has 0 spiro atoms. The van der Waals surface area contributed by atoms with Crippen molar-refractivity contribution in [2.24, 2.45) is 5.73 Å². The van der Waals surface area contributed by atoms with Crippen LogP contribution in [0.2, 0.25) is 0 Å². The van der Waals surface area contributed by atoms with Crippen molar-refractivity contribution < 1.29 is 4.79 Å². The molecule has 1 heterocycles. The van der Waals surface area contributed by atoms with E-state index in [1.807, 2.05) is 38.4 Å². The van der Waals surface area contributed by atoms with Gasteiger partial charge in [0.25, 0.3) is 0 Å². The van der Waals surface area contributed by atoms with E-state index >= 15 is 0 Å². The Bertz CT molecular complexity index is 590. The van der Waals surface area contributed by atoms with Crippen molar-refractivity contribution >= 4 is 16.8 Å². The highest BCUT2D eigenvalue weighted by atomic mass is 16.2. The van der Waals surface area contributed by atoms with Gasteiger partial charge in [-0.3, -0.25) is 4.79 Å². The Morgan fingerprint density at radius 3 is 2.80 bits per heavy atom. The fraction of sp³-hybridized carbons (Fsp3) is 0.438. The van der Waals surface area contributed by atoms with Crippen LogP contribution < -0.4 is 5.73 Å². The first-order chi connectivity index (χ1) is 9.54. The van der Waals surface area contributed by atoms with Crippen LogP contribution >= 0.6 is 0 Å². The molecule has 2 aromatic rings. The molecule has 2 atom stereocenters.